The fourth-order valence-electron chi connectivity index (χ4n) is 3.99. The lowest BCUT2D eigenvalue weighted by Gasteiger charge is -2.36. The molecule has 0 saturated carbocycles. The number of hydrogen-bond acceptors (Lipinski definition) is 5. The van der Waals surface area contributed by atoms with Crippen molar-refractivity contribution in [1.29, 1.82) is 0 Å². The minimum atomic E-state index is -0.244. The van der Waals surface area contributed by atoms with Gasteiger partial charge in [-0.3, -0.25) is 4.90 Å². The summed E-state index contributed by atoms with van der Waals surface area (Å²) in [7, 11) is 1.46. The topological polar surface area (TPSA) is 44.8 Å². The van der Waals surface area contributed by atoms with E-state index >= 15 is 0 Å². The van der Waals surface area contributed by atoms with Crippen molar-refractivity contribution in [1.82, 2.24) is 9.80 Å². The van der Waals surface area contributed by atoms with Gasteiger partial charge in [-0.05, 0) is 56.4 Å². The van der Waals surface area contributed by atoms with Crippen LogP contribution in [0, 0.1) is 0 Å². The van der Waals surface area contributed by atoms with E-state index in [4.69, 9.17) is 17.0 Å². The van der Waals surface area contributed by atoms with Crippen molar-refractivity contribution in [2.75, 3.05) is 45.2 Å². The number of esters is 1. The Morgan fingerprint density at radius 1 is 1.15 bits per heavy atom. The molecule has 2 aliphatic rings. The lowest BCUT2D eigenvalue weighted by Crippen LogP contribution is -2.50. The van der Waals surface area contributed by atoms with E-state index in [9.17, 15) is 4.79 Å². The van der Waals surface area contributed by atoms with Gasteiger partial charge in [-0.25, -0.2) is 4.79 Å². The van der Waals surface area contributed by atoms with Gasteiger partial charge in [0.25, 0.3) is 0 Å². The highest BCUT2D eigenvalue weighted by molar-refractivity contribution is 7.80. The first-order chi connectivity index (χ1) is 13.1. The Morgan fingerprint density at radius 2 is 1.85 bits per heavy atom. The number of anilines is 1. The van der Waals surface area contributed by atoms with Crippen LogP contribution in [0.1, 0.15) is 59.8 Å². The van der Waals surface area contributed by atoms with E-state index in [0.29, 0.717) is 5.56 Å². The lowest BCUT2D eigenvalue weighted by molar-refractivity contribution is 0.0601. The number of thiocarbonyl (C=S) groups is 1. The molecule has 0 bridgehead atoms. The van der Waals surface area contributed by atoms with Crippen LogP contribution in [0.2, 0.25) is 0 Å². The molecule has 0 atom stereocenters. The Hall–Kier alpha value is -1.18. The number of hydrogen-bond donors (Lipinski definition) is 1. The van der Waals surface area contributed by atoms with Crippen molar-refractivity contribution in [3.8, 4) is 0 Å². The number of thiophene rings is 1. The summed E-state index contributed by atoms with van der Waals surface area (Å²) >= 11 is 7.38. The molecule has 1 aliphatic heterocycles. The standard InChI is InChI=1S/C20H31N3O2S2/c1-3-10-22-11-13-23(14-12-22)20(26)21-18-17(19(24)25-2)15-8-6-4-5-7-9-16(15)27-18/h3-14H2,1-2H3,(H,21,26). The molecule has 1 aromatic rings. The number of fused-ring (bicyclic) bond motifs is 1. The highest BCUT2D eigenvalue weighted by Gasteiger charge is 2.26. The third-order valence-corrected chi connectivity index (χ3v) is 7.05. The van der Waals surface area contributed by atoms with Crippen LogP contribution in [0.15, 0.2) is 0 Å². The van der Waals surface area contributed by atoms with Crippen LogP contribution < -0.4 is 5.32 Å². The molecule has 1 saturated heterocycles. The highest BCUT2D eigenvalue weighted by atomic mass is 32.1. The second kappa shape index (κ2) is 9.85. The molecule has 1 N–H and O–H groups in total. The summed E-state index contributed by atoms with van der Waals surface area (Å²) in [6, 6.07) is 0. The number of aryl methyl sites for hydroxylation is 1. The highest BCUT2D eigenvalue weighted by Crippen LogP contribution is 2.37. The molecule has 0 unspecified atom stereocenters. The summed E-state index contributed by atoms with van der Waals surface area (Å²) in [5.41, 5.74) is 1.90. The Kier molecular flexibility index (Phi) is 7.49. The van der Waals surface area contributed by atoms with Gasteiger partial charge in [0.1, 0.15) is 5.00 Å². The van der Waals surface area contributed by atoms with Crippen LogP contribution in [-0.2, 0) is 17.6 Å². The number of ether oxygens (including phenoxy) is 1. The van der Waals surface area contributed by atoms with Crippen LogP contribution in [0.4, 0.5) is 5.00 Å². The number of nitrogens with one attached hydrogen (secondary N) is 1. The average Bonchev–Trinajstić information content (AvgIpc) is 2.98. The van der Waals surface area contributed by atoms with Crippen molar-refractivity contribution in [2.24, 2.45) is 0 Å². The number of piperazine rings is 1. The zero-order valence-corrected chi connectivity index (χ0v) is 18.1. The zero-order valence-electron chi connectivity index (χ0n) is 16.5. The van der Waals surface area contributed by atoms with Gasteiger partial charge in [0, 0.05) is 31.1 Å². The molecule has 1 aromatic heterocycles. The molecular formula is C20H31N3O2S2. The van der Waals surface area contributed by atoms with Crippen LogP contribution in [0.5, 0.6) is 0 Å². The van der Waals surface area contributed by atoms with E-state index in [2.05, 4.69) is 22.0 Å². The maximum atomic E-state index is 12.5. The zero-order chi connectivity index (χ0) is 19.2. The smallest absolute Gasteiger partial charge is 0.341 e. The molecule has 5 nitrogen and oxygen atoms in total. The predicted octanol–water partition coefficient (Wildman–Crippen LogP) is 3.92. The van der Waals surface area contributed by atoms with Crippen molar-refractivity contribution in [3.63, 3.8) is 0 Å². The van der Waals surface area contributed by atoms with Gasteiger partial charge in [0.15, 0.2) is 5.11 Å². The lowest BCUT2D eigenvalue weighted by atomic mass is 9.96. The molecule has 150 valence electrons. The molecule has 0 radical (unpaired) electrons. The predicted molar refractivity (Wildman–Crippen MR) is 116 cm³/mol. The first-order valence-corrected chi connectivity index (χ1v) is 11.4. The molecule has 7 heteroatoms. The van der Waals surface area contributed by atoms with Gasteiger partial charge < -0.3 is 15.0 Å². The maximum Gasteiger partial charge on any atom is 0.341 e. The summed E-state index contributed by atoms with van der Waals surface area (Å²) in [6.45, 7) is 7.32. The normalized spacial score (nSPS) is 18.4. The monoisotopic (exact) mass is 409 g/mol. The van der Waals surface area contributed by atoms with Crippen LogP contribution >= 0.6 is 23.6 Å². The van der Waals surface area contributed by atoms with Crippen molar-refractivity contribution >= 4 is 39.6 Å². The number of carbonyl (C=O) groups excluding carboxylic acids is 1. The summed E-state index contributed by atoms with van der Waals surface area (Å²) in [5.74, 6) is -0.244. The summed E-state index contributed by atoms with van der Waals surface area (Å²) in [6.07, 6.45) is 8.03. The Morgan fingerprint density at radius 3 is 2.52 bits per heavy atom. The molecule has 1 aliphatic carbocycles. The van der Waals surface area contributed by atoms with E-state index in [-0.39, 0.29) is 5.97 Å². The second-order valence-corrected chi connectivity index (χ2v) is 8.86. The third-order valence-electron chi connectivity index (χ3n) is 5.48. The van der Waals surface area contributed by atoms with Crippen molar-refractivity contribution in [2.45, 2.75) is 51.9 Å². The fourth-order valence-corrected chi connectivity index (χ4v) is 5.62. The molecule has 0 amide bonds. The Bertz CT molecular complexity index is 666. The largest absolute Gasteiger partial charge is 0.465 e. The minimum Gasteiger partial charge on any atom is -0.465 e. The van der Waals surface area contributed by atoms with Gasteiger partial charge >= 0.3 is 5.97 Å². The van der Waals surface area contributed by atoms with Crippen LogP contribution in [0.25, 0.3) is 0 Å². The summed E-state index contributed by atoms with van der Waals surface area (Å²) < 4.78 is 5.11. The molecule has 1 fully saturated rings. The first kappa shape index (κ1) is 20.6. The van der Waals surface area contributed by atoms with E-state index in [1.165, 1.54) is 43.2 Å². The number of rotatable bonds is 4. The van der Waals surface area contributed by atoms with E-state index in [0.717, 1.165) is 62.1 Å². The van der Waals surface area contributed by atoms with Gasteiger partial charge in [0.05, 0.1) is 12.7 Å². The van der Waals surface area contributed by atoms with Crippen molar-refractivity contribution in [3.05, 3.63) is 16.0 Å². The van der Waals surface area contributed by atoms with Crippen LogP contribution in [0.3, 0.4) is 0 Å². The van der Waals surface area contributed by atoms with Gasteiger partial charge in [0.2, 0.25) is 0 Å². The Labute approximate surface area is 172 Å². The SMILES string of the molecule is CCCN1CCN(C(=S)Nc2sc3c(c2C(=O)OC)CCCCCC3)CC1. The second-order valence-electron chi connectivity index (χ2n) is 7.37. The van der Waals surface area contributed by atoms with E-state index < -0.39 is 0 Å². The first-order valence-electron chi connectivity index (χ1n) is 10.1. The Balaban J connectivity index is 1.74. The molecule has 3 rings (SSSR count). The van der Waals surface area contributed by atoms with Crippen LogP contribution in [-0.4, -0.2) is 60.7 Å². The molecule has 0 spiro atoms. The number of methoxy groups -OCH3 is 1. The maximum absolute atomic E-state index is 12.5. The molecule has 0 aromatic carbocycles. The molecule has 2 heterocycles. The van der Waals surface area contributed by atoms with Crippen molar-refractivity contribution < 1.29 is 9.53 Å². The average molecular weight is 410 g/mol. The fraction of sp³-hybridized carbons (Fsp3) is 0.700. The van der Waals surface area contributed by atoms with Gasteiger partial charge in [-0.15, -0.1) is 11.3 Å². The summed E-state index contributed by atoms with van der Waals surface area (Å²) in [4.78, 5) is 18.6. The quantitative estimate of drug-likeness (QED) is 0.601. The van der Waals surface area contributed by atoms with E-state index in [1.807, 2.05) is 0 Å². The molecule has 27 heavy (non-hydrogen) atoms. The minimum absolute atomic E-state index is 0.244. The third kappa shape index (κ3) is 5.00. The van der Waals surface area contributed by atoms with Gasteiger partial charge in [-0.1, -0.05) is 19.8 Å². The number of nitrogens with zero attached hydrogens (tertiary/aromatic N) is 2. The number of carbonyl (C=O) groups is 1. The summed E-state index contributed by atoms with van der Waals surface area (Å²) in [5, 5.41) is 4.99. The molecular weight excluding hydrogens is 378 g/mol. The van der Waals surface area contributed by atoms with E-state index in [1.54, 1.807) is 11.3 Å². The van der Waals surface area contributed by atoms with Gasteiger partial charge in [-0.2, -0.15) is 0 Å².